The summed E-state index contributed by atoms with van der Waals surface area (Å²) in [5, 5.41) is 8.07. The van der Waals surface area contributed by atoms with Crippen molar-refractivity contribution in [3.05, 3.63) is 53.9 Å². The second kappa shape index (κ2) is 6.23. The first-order chi connectivity index (χ1) is 9.81. The van der Waals surface area contributed by atoms with E-state index in [0.29, 0.717) is 6.04 Å². The van der Waals surface area contributed by atoms with Crippen LogP contribution in [-0.4, -0.2) is 15.8 Å². The van der Waals surface area contributed by atoms with Gasteiger partial charge in [0, 0.05) is 24.3 Å². The summed E-state index contributed by atoms with van der Waals surface area (Å²) in [7, 11) is 0. The Kier molecular flexibility index (Phi) is 4.16. The average Bonchev–Trinajstić information content (AvgIpc) is 2.83. The molecule has 2 aromatic rings. The third kappa shape index (κ3) is 3.28. The van der Waals surface area contributed by atoms with E-state index in [4.69, 9.17) is 0 Å². The van der Waals surface area contributed by atoms with E-state index in [2.05, 4.69) is 47.8 Å². The van der Waals surface area contributed by atoms with Crippen LogP contribution < -0.4 is 5.32 Å². The standard InChI is InChI=1S/C17H23N3/c1-14(17-8-5-9-17)18-10-16-11-19-20(13-16)12-15-6-3-2-4-7-15/h2-4,6-7,11,13-14,17-18H,5,8-10,12H2,1H3. The van der Waals surface area contributed by atoms with Gasteiger partial charge < -0.3 is 5.32 Å². The number of hydrogen-bond donors (Lipinski definition) is 1. The van der Waals surface area contributed by atoms with Gasteiger partial charge in [-0.25, -0.2) is 0 Å². The van der Waals surface area contributed by atoms with Gasteiger partial charge in [0.25, 0.3) is 0 Å². The lowest BCUT2D eigenvalue weighted by molar-refractivity contribution is 0.240. The minimum absolute atomic E-state index is 0.626. The fourth-order valence-corrected chi connectivity index (χ4v) is 2.74. The molecular weight excluding hydrogens is 246 g/mol. The lowest BCUT2D eigenvalue weighted by atomic mass is 9.80. The van der Waals surface area contributed by atoms with Gasteiger partial charge in [0.15, 0.2) is 0 Å². The lowest BCUT2D eigenvalue weighted by Gasteiger charge is -2.31. The molecule has 1 aromatic heterocycles. The number of benzene rings is 1. The molecule has 0 spiro atoms. The summed E-state index contributed by atoms with van der Waals surface area (Å²) in [5.74, 6) is 0.884. The number of nitrogens with zero attached hydrogens (tertiary/aromatic N) is 2. The van der Waals surface area contributed by atoms with E-state index in [-0.39, 0.29) is 0 Å². The first-order valence-corrected chi connectivity index (χ1v) is 7.60. The van der Waals surface area contributed by atoms with Gasteiger partial charge in [-0.05, 0) is 31.2 Å². The largest absolute Gasteiger partial charge is 0.310 e. The Morgan fingerprint density at radius 1 is 1.25 bits per heavy atom. The minimum atomic E-state index is 0.626. The van der Waals surface area contributed by atoms with Crippen LogP contribution in [0.5, 0.6) is 0 Å². The summed E-state index contributed by atoms with van der Waals surface area (Å²) >= 11 is 0. The van der Waals surface area contributed by atoms with E-state index >= 15 is 0 Å². The quantitative estimate of drug-likeness (QED) is 0.872. The molecule has 1 aliphatic carbocycles. The zero-order valence-corrected chi connectivity index (χ0v) is 12.1. The van der Waals surface area contributed by atoms with Crippen LogP contribution in [0.2, 0.25) is 0 Å². The molecule has 0 amide bonds. The number of aromatic nitrogens is 2. The zero-order chi connectivity index (χ0) is 13.8. The van der Waals surface area contributed by atoms with Crippen molar-refractivity contribution in [1.82, 2.24) is 15.1 Å². The third-order valence-corrected chi connectivity index (χ3v) is 4.36. The summed E-state index contributed by atoms with van der Waals surface area (Å²) in [5.41, 5.74) is 2.56. The van der Waals surface area contributed by atoms with Crippen LogP contribution in [-0.2, 0) is 13.1 Å². The van der Waals surface area contributed by atoms with Crippen LogP contribution in [0.1, 0.15) is 37.3 Å². The van der Waals surface area contributed by atoms with Crippen LogP contribution in [0.4, 0.5) is 0 Å². The van der Waals surface area contributed by atoms with Crippen molar-refractivity contribution in [1.29, 1.82) is 0 Å². The summed E-state index contributed by atoms with van der Waals surface area (Å²) in [6, 6.07) is 11.1. The summed E-state index contributed by atoms with van der Waals surface area (Å²) < 4.78 is 2.01. The molecule has 1 atom stereocenters. The highest BCUT2D eigenvalue weighted by Crippen LogP contribution is 2.29. The van der Waals surface area contributed by atoms with Gasteiger partial charge in [-0.3, -0.25) is 4.68 Å². The van der Waals surface area contributed by atoms with Crippen molar-refractivity contribution < 1.29 is 0 Å². The van der Waals surface area contributed by atoms with Gasteiger partial charge in [-0.15, -0.1) is 0 Å². The second-order valence-electron chi connectivity index (χ2n) is 5.89. The van der Waals surface area contributed by atoms with Crippen molar-refractivity contribution in [2.45, 2.75) is 45.3 Å². The van der Waals surface area contributed by atoms with Crippen LogP contribution in [0.3, 0.4) is 0 Å². The molecule has 1 N–H and O–H groups in total. The molecule has 3 heteroatoms. The predicted octanol–water partition coefficient (Wildman–Crippen LogP) is 3.21. The van der Waals surface area contributed by atoms with Crippen molar-refractivity contribution in [2.75, 3.05) is 0 Å². The molecule has 1 aromatic carbocycles. The Labute approximate surface area is 121 Å². The molecule has 0 saturated heterocycles. The molecule has 1 fully saturated rings. The lowest BCUT2D eigenvalue weighted by Crippen LogP contribution is -2.36. The van der Waals surface area contributed by atoms with E-state index in [1.165, 1.54) is 30.4 Å². The fourth-order valence-electron chi connectivity index (χ4n) is 2.74. The molecule has 1 saturated carbocycles. The monoisotopic (exact) mass is 269 g/mol. The van der Waals surface area contributed by atoms with Gasteiger partial charge in [0.1, 0.15) is 0 Å². The Hall–Kier alpha value is -1.61. The van der Waals surface area contributed by atoms with E-state index in [1.807, 2.05) is 16.9 Å². The first-order valence-electron chi connectivity index (χ1n) is 7.60. The molecule has 0 aliphatic heterocycles. The van der Waals surface area contributed by atoms with Crippen molar-refractivity contribution in [3.63, 3.8) is 0 Å². The molecule has 0 radical (unpaired) electrons. The van der Waals surface area contributed by atoms with Crippen LogP contribution in [0.15, 0.2) is 42.7 Å². The van der Waals surface area contributed by atoms with Crippen molar-refractivity contribution in [3.8, 4) is 0 Å². The maximum atomic E-state index is 4.45. The van der Waals surface area contributed by atoms with Crippen molar-refractivity contribution >= 4 is 0 Å². The maximum Gasteiger partial charge on any atom is 0.0659 e. The molecule has 3 nitrogen and oxygen atoms in total. The van der Waals surface area contributed by atoms with Crippen LogP contribution in [0, 0.1) is 5.92 Å². The topological polar surface area (TPSA) is 29.9 Å². The summed E-state index contributed by atoms with van der Waals surface area (Å²) in [6.07, 6.45) is 8.31. The van der Waals surface area contributed by atoms with Crippen LogP contribution in [0.25, 0.3) is 0 Å². The molecule has 20 heavy (non-hydrogen) atoms. The molecule has 0 bridgehead atoms. The number of rotatable bonds is 6. The Bertz CT molecular complexity index is 528. The van der Waals surface area contributed by atoms with E-state index < -0.39 is 0 Å². The summed E-state index contributed by atoms with van der Waals surface area (Å²) in [6.45, 7) is 4.07. The van der Waals surface area contributed by atoms with Gasteiger partial charge in [0.2, 0.25) is 0 Å². The number of hydrogen-bond acceptors (Lipinski definition) is 2. The van der Waals surface area contributed by atoms with Gasteiger partial charge in [-0.2, -0.15) is 5.10 Å². The molecule has 3 rings (SSSR count). The predicted molar refractivity (Wildman–Crippen MR) is 81.4 cm³/mol. The second-order valence-corrected chi connectivity index (χ2v) is 5.89. The Morgan fingerprint density at radius 2 is 2.05 bits per heavy atom. The zero-order valence-electron chi connectivity index (χ0n) is 12.1. The highest BCUT2D eigenvalue weighted by atomic mass is 15.3. The van der Waals surface area contributed by atoms with E-state index in [0.717, 1.165) is 19.0 Å². The normalized spacial score (nSPS) is 16.9. The van der Waals surface area contributed by atoms with Gasteiger partial charge >= 0.3 is 0 Å². The third-order valence-electron chi connectivity index (χ3n) is 4.36. The van der Waals surface area contributed by atoms with E-state index in [1.54, 1.807) is 0 Å². The maximum absolute atomic E-state index is 4.45. The molecular formula is C17H23N3. The average molecular weight is 269 g/mol. The number of nitrogens with one attached hydrogen (secondary N) is 1. The van der Waals surface area contributed by atoms with Gasteiger partial charge in [0.05, 0.1) is 12.7 Å². The molecule has 106 valence electrons. The first kappa shape index (κ1) is 13.4. The molecule has 1 unspecified atom stereocenters. The highest BCUT2D eigenvalue weighted by molar-refractivity contribution is 5.15. The van der Waals surface area contributed by atoms with Crippen molar-refractivity contribution in [2.24, 2.45) is 5.92 Å². The van der Waals surface area contributed by atoms with Crippen LogP contribution >= 0.6 is 0 Å². The minimum Gasteiger partial charge on any atom is -0.310 e. The van der Waals surface area contributed by atoms with Gasteiger partial charge in [-0.1, -0.05) is 36.8 Å². The highest BCUT2D eigenvalue weighted by Gasteiger charge is 2.23. The molecule has 1 heterocycles. The summed E-state index contributed by atoms with van der Waals surface area (Å²) in [4.78, 5) is 0. The Balaban J connectivity index is 1.51. The fraction of sp³-hybridized carbons (Fsp3) is 0.471. The Morgan fingerprint density at radius 3 is 2.75 bits per heavy atom. The van der Waals surface area contributed by atoms with E-state index in [9.17, 15) is 0 Å². The SMILES string of the molecule is CC(NCc1cnn(Cc2ccccc2)c1)C1CCC1. The molecule has 1 aliphatic rings. The smallest absolute Gasteiger partial charge is 0.0659 e.